The van der Waals surface area contributed by atoms with Gasteiger partial charge < -0.3 is 19.3 Å². The fourth-order valence-corrected chi connectivity index (χ4v) is 4.71. The molecule has 0 saturated carbocycles. The van der Waals surface area contributed by atoms with Gasteiger partial charge >= 0.3 is 0 Å². The van der Waals surface area contributed by atoms with Crippen LogP contribution < -0.4 is 5.32 Å². The van der Waals surface area contributed by atoms with Gasteiger partial charge in [0.2, 0.25) is 11.8 Å². The van der Waals surface area contributed by atoms with Crippen LogP contribution in [-0.4, -0.2) is 50.3 Å². The monoisotopic (exact) mass is 427 g/mol. The zero-order chi connectivity index (χ0) is 21.1. The van der Waals surface area contributed by atoms with E-state index in [4.69, 9.17) is 4.52 Å². The number of carbonyl (C=O) groups excluding carboxylic acids is 2. The van der Waals surface area contributed by atoms with Crippen molar-refractivity contribution >= 4 is 40.4 Å². The van der Waals surface area contributed by atoms with Crippen LogP contribution >= 0.6 is 11.8 Å². The highest BCUT2D eigenvalue weighted by Gasteiger charge is 2.28. The molecule has 0 spiro atoms. The van der Waals surface area contributed by atoms with Crippen LogP contribution in [0.3, 0.4) is 0 Å². The molecule has 2 amide bonds. The van der Waals surface area contributed by atoms with Crippen molar-refractivity contribution in [1.29, 1.82) is 0 Å². The summed E-state index contributed by atoms with van der Waals surface area (Å²) in [4.78, 5) is 31.6. The predicted octanol–water partition coefficient (Wildman–Crippen LogP) is 3.32. The first-order valence-electron chi connectivity index (χ1n) is 10.1. The lowest BCUT2D eigenvalue weighted by molar-refractivity contribution is -0.132. The van der Waals surface area contributed by atoms with Crippen LogP contribution in [0.5, 0.6) is 0 Å². The van der Waals surface area contributed by atoms with E-state index in [2.05, 4.69) is 26.9 Å². The average Bonchev–Trinajstić information content (AvgIpc) is 3.34. The molecule has 158 valence electrons. The molecule has 2 aromatic heterocycles. The van der Waals surface area contributed by atoms with Gasteiger partial charge in [0.05, 0.1) is 16.8 Å². The van der Waals surface area contributed by atoms with Crippen LogP contribution in [0, 0.1) is 12.8 Å². The summed E-state index contributed by atoms with van der Waals surface area (Å²) in [6, 6.07) is 9.70. The third-order valence-corrected chi connectivity index (χ3v) is 6.32. The fourth-order valence-electron chi connectivity index (χ4n) is 3.73. The zero-order valence-electron chi connectivity index (χ0n) is 17.1. The normalized spacial score (nSPS) is 14.9. The lowest BCUT2D eigenvalue weighted by atomic mass is 9.96. The Kier molecular flexibility index (Phi) is 6.08. The van der Waals surface area contributed by atoms with Crippen LogP contribution in [0.4, 0.5) is 5.82 Å². The van der Waals surface area contributed by atoms with Gasteiger partial charge in [-0.05, 0) is 38.8 Å². The Morgan fingerprint density at radius 1 is 1.27 bits per heavy atom. The molecule has 0 bridgehead atoms. The molecule has 0 unspecified atom stereocenters. The maximum atomic E-state index is 12.7. The Labute approximate surface area is 179 Å². The van der Waals surface area contributed by atoms with Crippen molar-refractivity contribution in [2.75, 3.05) is 24.2 Å². The summed E-state index contributed by atoms with van der Waals surface area (Å²) < 4.78 is 7.11. The highest BCUT2D eigenvalue weighted by Crippen LogP contribution is 2.25. The highest BCUT2D eigenvalue weighted by molar-refractivity contribution is 7.99. The maximum absolute atomic E-state index is 12.7. The van der Waals surface area contributed by atoms with Gasteiger partial charge in [-0.3, -0.25) is 9.59 Å². The van der Waals surface area contributed by atoms with E-state index in [0.717, 1.165) is 22.7 Å². The van der Waals surface area contributed by atoms with Gasteiger partial charge in [-0.1, -0.05) is 29.1 Å². The second-order valence-corrected chi connectivity index (χ2v) is 8.33. The summed E-state index contributed by atoms with van der Waals surface area (Å²) in [6.07, 6.45) is 1.29. The van der Waals surface area contributed by atoms with E-state index in [0.29, 0.717) is 43.3 Å². The summed E-state index contributed by atoms with van der Waals surface area (Å²) in [6.45, 7) is 5.83. The van der Waals surface area contributed by atoms with Crippen LogP contribution in [-0.2, 0) is 16.1 Å². The molecule has 0 atom stereocenters. The summed E-state index contributed by atoms with van der Waals surface area (Å²) >= 11 is 1.47. The van der Waals surface area contributed by atoms with Gasteiger partial charge in [0, 0.05) is 31.6 Å². The average molecular weight is 428 g/mol. The minimum atomic E-state index is -0.122. The Morgan fingerprint density at radius 3 is 2.73 bits per heavy atom. The Morgan fingerprint density at radius 2 is 2.03 bits per heavy atom. The number of hydrogen-bond acceptors (Lipinski definition) is 6. The molecule has 1 aliphatic heterocycles. The van der Waals surface area contributed by atoms with Crippen LogP contribution in [0.25, 0.3) is 11.0 Å². The third-order valence-electron chi connectivity index (χ3n) is 5.36. The minimum absolute atomic E-state index is 0.0681. The number of piperidine rings is 1. The number of fused-ring (bicyclic) bond motifs is 1. The number of amides is 2. The summed E-state index contributed by atoms with van der Waals surface area (Å²) in [5, 5.41) is 7.45. The highest BCUT2D eigenvalue weighted by atomic mass is 32.2. The first-order chi connectivity index (χ1) is 14.5. The van der Waals surface area contributed by atoms with E-state index in [1.165, 1.54) is 11.8 Å². The number of likely N-dealkylation sites (tertiary alicyclic amines) is 1. The molecule has 3 heterocycles. The van der Waals surface area contributed by atoms with E-state index >= 15 is 0 Å². The molecular formula is C21H25N5O3S. The molecule has 0 aliphatic carbocycles. The van der Waals surface area contributed by atoms with E-state index in [1.807, 2.05) is 29.2 Å². The van der Waals surface area contributed by atoms with Gasteiger partial charge in [-0.15, -0.1) is 0 Å². The van der Waals surface area contributed by atoms with Crippen molar-refractivity contribution in [3.05, 3.63) is 36.1 Å². The van der Waals surface area contributed by atoms with Gasteiger partial charge in [0.25, 0.3) is 0 Å². The standard InChI is InChI=1S/C21H25N5O3S/c1-3-26-17-7-5-4-6-16(17)22-21(26)30-13-19(27)25-10-8-15(9-11-25)20(28)23-18-12-14(2)29-24-18/h4-7,12,15H,3,8-11,13H2,1-2H3,(H,23,24,28). The smallest absolute Gasteiger partial charge is 0.233 e. The zero-order valence-corrected chi connectivity index (χ0v) is 17.9. The summed E-state index contributed by atoms with van der Waals surface area (Å²) in [5.74, 6) is 1.33. The number of nitrogens with zero attached hydrogens (tertiary/aromatic N) is 4. The fraction of sp³-hybridized carbons (Fsp3) is 0.429. The second kappa shape index (κ2) is 8.91. The first kappa shape index (κ1) is 20.5. The molecule has 1 aromatic carbocycles. The maximum Gasteiger partial charge on any atom is 0.233 e. The Bertz CT molecular complexity index is 1050. The molecule has 1 N–H and O–H groups in total. The van der Waals surface area contributed by atoms with E-state index in [-0.39, 0.29) is 17.7 Å². The van der Waals surface area contributed by atoms with E-state index in [1.54, 1.807) is 13.0 Å². The molecule has 1 aliphatic rings. The van der Waals surface area contributed by atoms with Crippen LogP contribution in [0.1, 0.15) is 25.5 Å². The molecule has 30 heavy (non-hydrogen) atoms. The Balaban J connectivity index is 1.29. The Hall–Kier alpha value is -2.81. The number of rotatable bonds is 6. The molecule has 4 rings (SSSR count). The second-order valence-electron chi connectivity index (χ2n) is 7.38. The predicted molar refractivity (Wildman–Crippen MR) is 115 cm³/mol. The summed E-state index contributed by atoms with van der Waals surface area (Å²) in [5.41, 5.74) is 2.03. The van der Waals surface area contributed by atoms with E-state index in [9.17, 15) is 9.59 Å². The molecule has 9 heteroatoms. The number of anilines is 1. The first-order valence-corrected chi connectivity index (χ1v) is 11.1. The topological polar surface area (TPSA) is 93.3 Å². The largest absolute Gasteiger partial charge is 0.360 e. The van der Waals surface area contributed by atoms with Gasteiger partial charge in [0.1, 0.15) is 5.76 Å². The van der Waals surface area contributed by atoms with Crippen molar-refractivity contribution in [2.24, 2.45) is 5.92 Å². The number of thioether (sulfide) groups is 1. The van der Waals surface area contributed by atoms with Crippen molar-refractivity contribution in [3.8, 4) is 0 Å². The van der Waals surface area contributed by atoms with Gasteiger partial charge in [-0.25, -0.2) is 4.98 Å². The van der Waals surface area contributed by atoms with Gasteiger partial charge in [0.15, 0.2) is 11.0 Å². The number of imidazole rings is 1. The van der Waals surface area contributed by atoms with Crippen molar-refractivity contribution in [1.82, 2.24) is 19.6 Å². The number of hydrogen-bond donors (Lipinski definition) is 1. The van der Waals surface area contributed by atoms with Crippen molar-refractivity contribution in [3.63, 3.8) is 0 Å². The number of benzene rings is 1. The number of nitrogens with one attached hydrogen (secondary N) is 1. The number of aryl methyl sites for hydroxylation is 2. The minimum Gasteiger partial charge on any atom is -0.360 e. The van der Waals surface area contributed by atoms with Gasteiger partial charge in [-0.2, -0.15) is 0 Å². The number of aromatic nitrogens is 3. The molecule has 3 aromatic rings. The molecule has 1 fully saturated rings. The van der Waals surface area contributed by atoms with Crippen molar-refractivity contribution < 1.29 is 14.1 Å². The molecule has 8 nitrogen and oxygen atoms in total. The summed E-state index contributed by atoms with van der Waals surface area (Å²) in [7, 11) is 0. The lowest BCUT2D eigenvalue weighted by Gasteiger charge is -2.31. The SMILES string of the molecule is CCn1c(SCC(=O)N2CCC(C(=O)Nc3cc(C)on3)CC2)nc2ccccc21. The third kappa shape index (κ3) is 4.35. The van der Waals surface area contributed by atoms with Crippen LogP contribution in [0.2, 0.25) is 0 Å². The quantitative estimate of drug-likeness (QED) is 0.607. The molecule has 0 radical (unpaired) electrons. The van der Waals surface area contributed by atoms with Crippen LogP contribution in [0.15, 0.2) is 40.0 Å². The number of carbonyl (C=O) groups is 2. The number of para-hydroxylation sites is 2. The van der Waals surface area contributed by atoms with Crippen molar-refractivity contribution in [2.45, 2.75) is 38.4 Å². The molecular weight excluding hydrogens is 402 g/mol. The molecule has 1 saturated heterocycles. The lowest BCUT2D eigenvalue weighted by Crippen LogP contribution is -2.42. The van der Waals surface area contributed by atoms with E-state index < -0.39 is 0 Å².